The first-order valence-electron chi connectivity index (χ1n) is 18.4. The van der Waals surface area contributed by atoms with Gasteiger partial charge >= 0.3 is 0 Å². The Morgan fingerprint density at radius 2 is 1.28 bits per heavy atom. The molecule has 0 aliphatic carbocycles. The number of aliphatic imine (C=N–C) groups is 2. The zero-order valence-electron chi connectivity index (χ0n) is 32.3. The van der Waals surface area contributed by atoms with Gasteiger partial charge in [-0.2, -0.15) is 0 Å². The largest absolute Gasteiger partial charge is 0.370 e. The number of carbonyl (C=O) groups is 5. The molecule has 5 amide bonds. The molecule has 0 saturated heterocycles. The predicted octanol–water partition coefficient (Wildman–Crippen LogP) is 1.41. The van der Waals surface area contributed by atoms with E-state index in [1.165, 1.54) is 36.4 Å². The molecule has 16 nitrogen and oxygen atoms in total. The van der Waals surface area contributed by atoms with Crippen LogP contribution >= 0.6 is 11.6 Å². The highest BCUT2D eigenvalue weighted by molar-refractivity contribution is 6.30. The summed E-state index contributed by atoms with van der Waals surface area (Å²) in [6, 6.07) is 13.9. The highest BCUT2D eigenvalue weighted by atomic mass is 35.5. The minimum absolute atomic E-state index is 0.0690. The lowest BCUT2D eigenvalue weighted by Gasteiger charge is -2.27. The predicted molar refractivity (Wildman–Crippen MR) is 222 cm³/mol. The van der Waals surface area contributed by atoms with Crippen LogP contribution < -0.4 is 49.9 Å². The van der Waals surface area contributed by atoms with Crippen molar-refractivity contribution < 1.29 is 28.4 Å². The summed E-state index contributed by atoms with van der Waals surface area (Å²) in [5.41, 5.74) is 29.5. The normalized spacial score (nSPS) is 13.1. The number of nitrogens with one attached hydrogen (secondary N) is 4. The summed E-state index contributed by atoms with van der Waals surface area (Å²) >= 11 is 6.07. The molecule has 0 radical (unpaired) electrons. The standard InChI is InChI=1S/C40H51ClFN11O5/c1-23(2)19-31(36(56)51-30(35(43)55)7-4-18-48-39(44)45)52-38(58)33(22-26-10-15-29(16-11-26)49-40(46)47)53-37(57)32(21-25-8-13-28(42)14-9-25)50-34(54)17-12-24-5-3-6-27(41)20-24/h3,5-6,8-17,20,23,30-33H,4,7,18-19,21-22H2,1-2H3,(H2,43,55)(H,50,54)(H,51,56)(H,52,58)(H,53,57)(H4,44,45,48)(H4,46,47,49)/b17-12+/t30-,31-,32-,33-/m0/s1. The fourth-order valence-corrected chi connectivity index (χ4v) is 5.88. The van der Waals surface area contributed by atoms with E-state index in [-0.39, 0.29) is 50.1 Å². The Morgan fingerprint density at radius 3 is 1.83 bits per heavy atom. The van der Waals surface area contributed by atoms with Crippen LogP contribution in [-0.4, -0.2) is 72.2 Å². The van der Waals surface area contributed by atoms with E-state index in [9.17, 15) is 28.4 Å². The van der Waals surface area contributed by atoms with Crippen molar-refractivity contribution in [2.75, 3.05) is 6.54 Å². The van der Waals surface area contributed by atoms with Gasteiger partial charge in [0.05, 0.1) is 5.69 Å². The maximum Gasteiger partial charge on any atom is 0.244 e. The summed E-state index contributed by atoms with van der Waals surface area (Å²) in [7, 11) is 0. The number of rotatable bonds is 21. The molecule has 0 aromatic heterocycles. The number of halogens is 2. The van der Waals surface area contributed by atoms with Gasteiger partial charge in [0.2, 0.25) is 29.5 Å². The van der Waals surface area contributed by atoms with Gasteiger partial charge in [-0.05, 0) is 84.3 Å². The summed E-state index contributed by atoms with van der Waals surface area (Å²) in [6.45, 7) is 3.88. The van der Waals surface area contributed by atoms with Crippen LogP contribution in [0.1, 0.15) is 49.8 Å². The van der Waals surface area contributed by atoms with Crippen LogP contribution in [-0.2, 0) is 36.8 Å². The summed E-state index contributed by atoms with van der Waals surface area (Å²) in [6.07, 6.45) is 3.22. The zero-order chi connectivity index (χ0) is 42.8. The van der Waals surface area contributed by atoms with Gasteiger partial charge in [-0.25, -0.2) is 9.38 Å². The van der Waals surface area contributed by atoms with Crippen LogP contribution in [0.5, 0.6) is 0 Å². The number of hydrogen-bond acceptors (Lipinski definition) is 7. The Labute approximate surface area is 341 Å². The van der Waals surface area contributed by atoms with Gasteiger partial charge in [-0.3, -0.25) is 29.0 Å². The van der Waals surface area contributed by atoms with Gasteiger partial charge in [0.15, 0.2) is 11.9 Å². The van der Waals surface area contributed by atoms with E-state index < -0.39 is 59.5 Å². The van der Waals surface area contributed by atoms with Crippen molar-refractivity contribution in [3.63, 3.8) is 0 Å². The minimum Gasteiger partial charge on any atom is -0.370 e. The topological polar surface area (TPSA) is 288 Å². The van der Waals surface area contributed by atoms with Gasteiger partial charge in [-0.15, -0.1) is 0 Å². The second-order valence-corrected chi connectivity index (χ2v) is 14.3. The number of amides is 5. The Balaban J connectivity index is 1.93. The molecular weight excluding hydrogens is 769 g/mol. The Hall–Kier alpha value is -6.49. The summed E-state index contributed by atoms with van der Waals surface area (Å²) < 4.78 is 13.8. The lowest BCUT2D eigenvalue weighted by atomic mass is 9.99. The lowest BCUT2D eigenvalue weighted by Crippen LogP contribution is -2.59. The third kappa shape index (κ3) is 16.7. The van der Waals surface area contributed by atoms with Gasteiger partial charge in [0.25, 0.3) is 0 Å². The van der Waals surface area contributed by atoms with E-state index in [0.29, 0.717) is 33.8 Å². The van der Waals surface area contributed by atoms with Gasteiger partial charge in [0, 0.05) is 30.5 Å². The van der Waals surface area contributed by atoms with E-state index >= 15 is 0 Å². The molecule has 0 spiro atoms. The van der Waals surface area contributed by atoms with Crippen LogP contribution in [0.4, 0.5) is 10.1 Å². The van der Waals surface area contributed by atoms with Gasteiger partial charge in [0.1, 0.15) is 30.0 Å². The number of nitrogens with two attached hydrogens (primary N) is 5. The first kappa shape index (κ1) is 45.9. The molecule has 0 bridgehead atoms. The number of nitrogens with zero attached hydrogens (tertiary/aromatic N) is 2. The Bertz CT molecular complexity index is 1970. The minimum atomic E-state index is -1.30. The lowest BCUT2D eigenvalue weighted by molar-refractivity contribution is -0.134. The maximum absolute atomic E-state index is 14.2. The second-order valence-electron chi connectivity index (χ2n) is 13.9. The van der Waals surface area contributed by atoms with Crippen molar-refractivity contribution in [1.29, 1.82) is 0 Å². The average Bonchev–Trinajstić information content (AvgIpc) is 3.15. The van der Waals surface area contributed by atoms with Crippen molar-refractivity contribution >= 4 is 64.8 Å². The molecule has 18 heteroatoms. The number of hydrogen-bond donors (Lipinski definition) is 9. The van der Waals surface area contributed by atoms with Crippen LogP contribution in [0.2, 0.25) is 5.02 Å². The summed E-state index contributed by atoms with van der Waals surface area (Å²) in [4.78, 5) is 75.2. The molecule has 14 N–H and O–H groups in total. The van der Waals surface area contributed by atoms with Crippen molar-refractivity contribution in [3.05, 3.63) is 106 Å². The van der Waals surface area contributed by atoms with E-state index in [1.807, 2.05) is 13.8 Å². The van der Waals surface area contributed by atoms with E-state index in [0.717, 1.165) is 0 Å². The SMILES string of the molecule is CC(C)C[C@H](NC(=O)[C@H](Cc1ccc(N=C(N)N)cc1)NC(=O)[C@H](Cc1ccc(F)cc1)NC(=O)/C=C/c1cccc(Cl)c1)C(=O)N[C@@H](CCCN=C(N)N)C(N)=O. The van der Waals surface area contributed by atoms with E-state index in [2.05, 4.69) is 31.3 Å². The van der Waals surface area contributed by atoms with Crippen LogP contribution in [0.15, 0.2) is 88.9 Å². The molecular formula is C40H51ClFN11O5. The summed E-state index contributed by atoms with van der Waals surface area (Å²) in [5, 5.41) is 11.2. The zero-order valence-corrected chi connectivity index (χ0v) is 33.0. The van der Waals surface area contributed by atoms with Crippen LogP contribution in [0.25, 0.3) is 6.08 Å². The molecule has 0 fully saturated rings. The number of benzene rings is 3. The molecule has 0 saturated carbocycles. The third-order valence-electron chi connectivity index (χ3n) is 8.47. The first-order chi connectivity index (χ1) is 27.5. The molecule has 4 atom stereocenters. The van der Waals surface area contributed by atoms with Crippen molar-refractivity contribution in [1.82, 2.24) is 21.3 Å². The molecule has 3 rings (SSSR count). The molecule has 0 unspecified atom stereocenters. The highest BCUT2D eigenvalue weighted by Gasteiger charge is 2.31. The third-order valence-corrected chi connectivity index (χ3v) is 8.71. The first-order valence-corrected chi connectivity index (χ1v) is 18.8. The fourth-order valence-electron chi connectivity index (χ4n) is 5.68. The molecule has 0 aliphatic rings. The average molecular weight is 820 g/mol. The second kappa shape index (κ2) is 22.9. The van der Waals surface area contributed by atoms with Crippen LogP contribution in [0.3, 0.4) is 0 Å². The smallest absolute Gasteiger partial charge is 0.244 e. The summed E-state index contributed by atoms with van der Waals surface area (Å²) in [5.74, 6) is -4.45. The van der Waals surface area contributed by atoms with Gasteiger partial charge in [-0.1, -0.05) is 61.8 Å². The highest BCUT2D eigenvalue weighted by Crippen LogP contribution is 2.16. The molecule has 310 valence electrons. The number of guanidine groups is 2. The maximum atomic E-state index is 14.2. The quantitative estimate of drug-likeness (QED) is 0.0325. The molecule has 3 aromatic carbocycles. The van der Waals surface area contributed by atoms with E-state index in [1.54, 1.807) is 48.5 Å². The van der Waals surface area contributed by atoms with Crippen molar-refractivity contribution in [3.8, 4) is 0 Å². The molecule has 0 aliphatic heterocycles. The number of carbonyl (C=O) groups excluding carboxylic acids is 5. The monoisotopic (exact) mass is 819 g/mol. The van der Waals surface area contributed by atoms with Crippen LogP contribution in [0, 0.1) is 11.7 Å². The molecule has 3 aromatic rings. The van der Waals surface area contributed by atoms with Crippen molar-refractivity contribution in [2.45, 2.75) is 70.1 Å². The van der Waals surface area contributed by atoms with E-state index in [4.69, 9.17) is 40.3 Å². The molecule has 0 heterocycles. The fraction of sp³-hybridized carbons (Fsp3) is 0.325. The van der Waals surface area contributed by atoms with Gasteiger partial charge < -0.3 is 49.9 Å². The Morgan fingerprint density at radius 1 is 0.724 bits per heavy atom. The van der Waals surface area contributed by atoms with Crippen molar-refractivity contribution in [2.24, 2.45) is 44.6 Å². The number of primary amides is 1. The molecule has 58 heavy (non-hydrogen) atoms. The Kier molecular flexibility index (Phi) is 18.1.